The standard InChI is InChI=1S/C15H23NO2S/c1-11(2)9-14(15(17)18-3)16-10-12-5-7-13(19-4)8-6-12/h5-8,11,14,16H,9-10H2,1-4H3. The monoisotopic (exact) mass is 281 g/mol. The molecular weight excluding hydrogens is 258 g/mol. The molecule has 4 heteroatoms. The number of rotatable bonds is 7. The van der Waals surface area contributed by atoms with Crippen LogP contribution in [0.15, 0.2) is 29.2 Å². The highest BCUT2D eigenvalue weighted by molar-refractivity contribution is 7.98. The summed E-state index contributed by atoms with van der Waals surface area (Å²) >= 11 is 1.72. The van der Waals surface area contributed by atoms with Crippen molar-refractivity contribution in [3.05, 3.63) is 29.8 Å². The van der Waals surface area contributed by atoms with Crippen molar-refractivity contribution in [3.63, 3.8) is 0 Å². The van der Waals surface area contributed by atoms with Gasteiger partial charge in [-0.3, -0.25) is 4.79 Å². The number of thioether (sulfide) groups is 1. The van der Waals surface area contributed by atoms with Crippen molar-refractivity contribution in [2.75, 3.05) is 13.4 Å². The number of methoxy groups -OCH3 is 1. The summed E-state index contributed by atoms with van der Waals surface area (Å²) in [5, 5.41) is 3.27. The Morgan fingerprint density at radius 3 is 2.42 bits per heavy atom. The lowest BCUT2D eigenvalue weighted by Gasteiger charge is -2.18. The molecular formula is C15H23NO2S. The second-order valence-corrected chi connectivity index (χ2v) is 5.81. The minimum atomic E-state index is -0.231. The molecule has 0 aromatic heterocycles. The fourth-order valence-corrected chi connectivity index (χ4v) is 2.27. The molecule has 0 aliphatic carbocycles. The van der Waals surface area contributed by atoms with Gasteiger partial charge in [-0.15, -0.1) is 11.8 Å². The van der Waals surface area contributed by atoms with Gasteiger partial charge in [-0.2, -0.15) is 0 Å². The van der Waals surface area contributed by atoms with E-state index in [2.05, 4.69) is 49.7 Å². The third kappa shape index (κ3) is 5.66. The van der Waals surface area contributed by atoms with Crippen LogP contribution in [0.2, 0.25) is 0 Å². The highest BCUT2D eigenvalue weighted by Crippen LogP contribution is 2.15. The first-order chi connectivity index (χ1) is 9.06. The van der Waals surface area contributed by atoms with Gasteiger partial charge < -0.3 is 10.1 Å². The summed E-state index contributed by atoms with van der Waals surface area (Å²) < 4.78 is 4.83. The molecule has 0 saturated heterocycles. The Bertz CT molecular complexity index is 390. The molecule has 1 atom stereocenters. The zero-order chi connectivity index (χ0) is 14.3. The Hall–Kier alpha value is -1.00. The van der Waals surface area contributed by atoms with Crippen molar-refractivity contribution in [1.29, 1.82) is 0 Å². The summed E-state index contributed by atoms with van der Waals surface area (Å²) in [4.78, 5) is 12.9. The van der Waals surface area contributed by atoms with Gasteiger partial charge in [-0.05, 0) is 36.3 Å². The van der Waals surface area contributed by atoms with E-state index in [1.807, 2.05) is 0 Å². The highest BCUT2D eigenvalue weighted by atomic mass is 32.2. The van der Waals surface area contributed by atoms with E-state index >= 15 is 0 Å². The van der Waals surface area contributed by atoms with Crippen LogP contribution in [0.4, 0.5) is 0 Å². The van der Waals surface area contributed by atoms with Crippen LogP contribution in [0.25, 0.3) is 0 Å². The minimum absolute atomic E-state index is 0.186. The van der Waals surface area contributed by atoms with Crippen LogP contribution < -0.4 is 5.32 Å². The van der Waals surface area contributed by atoms with Crippen molar-refractivity contribution >= 4 is 17.7 Å². The van der Waals surface area contributed by atoms with Crippen molar-refractivity contribution < 1.29 is 9.53 Å². The molecule has 0 bridgehead atoms. The van der Waals surface area contributed by atoms with Crippen LogP contribution >= 0.6 is 11.8 Å². The molecule has 0 fully saturated rings. The number of esters is 1. The number of nitrogens with one attached hydrogen (secondary N) is 1. The van der Waals surface area contributed by atoms with Crippen molar-refractivity contribution in [3.8, 4) is 0 Å². The molecule has 0 amide bonds. The third-order valence-corrected chi connectivity index (χ3v) is 3.65. The lowest BCUT2D eigenvalue weighted by molar-refractivity contribution is -0.143. The van der Waals surface area contributed by atoms with E-state index in [1.165, 1.54) is 17.6 Å². The van der Waals surface area contributed by atoms with E-state index in [9.17, 15) is 4.79 Å². The average molecular weight is 281 g/mol. The molecule has 3 nitrogen and oxygen atoms in total. The van der Waals surface area contributed by atoms with Gasteiger partial charge in [0.1, 0.15) is 6.04 Å². The van der Waals surface area contributed by atoms with Gasteiger partial charge >= 0.3 is 5.97 Å². The average Bonchev–Trinajstić information content (AvgIpc) is 2.42. The molecule has 0 saturated carbocycles. The van der Waals surface area contributed by atoms with E-state index in [-0.39, 0.29) is 12.0 Å². The maximum absolute atomic E-state index is 11.7. The number of hydrogen-bond acceptors (Lipinski definition) is 4. The van der Waals surface area contributed by atoms with E-state index < -0.39 is 0 Å². The predicted molar refractivity (Wildman–Crippen MR) is 80.3 cm³/mol. The molecule has 1 rings (SSSR count). The first kappa shape index (κ1) is 16.1. The molecule has 1 N–H and O–H groups in total. The second-order valence-electron chi connectivity index (χ2n) is 4.93. The highest BCUT2D eigenvalue weighted by Gasteiger charge is 2.19. The summed E-state index contributed by atoms with van der Waals surface area (Å²) in [7, 11) is 1.44. The summed E-state index contributed by atoms with van der Waals surface area (Å²) in [6.45, 7) is 4.89. The molecule has 1 aromatic rings. The summed E-state index contributed by atoms with van der Waals surface area (Å²) in [6, 6.07) is 8.13. The number of hydrogen-bond donors (Lipinski definition) is 1. The normalized spacial score (nSPS) is 12.5. The zero-order valence-electron chi connectivity index (χ0n) is 12.1. The lowest BCUT2D eigenvalue weighted by Crippen LogP contribution is -2.38. The Morgan fingerprint density at radius 1 is 1.32 bits per heavy atom. The van der Waals surface area contributed by atoms with Gasteiger partial charge in [-0.1, -0.05) is 26.0 Å². The topological polar surface area (TPSA) is 38.3 Å². The largest absolute Gasteiger partial charge is 0.468 e. The van der Waals surface area contributed by atoms with Crippen LogP contribution in [-0.4, -0.2) is 25.4 Å². The van der Waals surface area contributed by atoms with Crippen molar-refractivity contribution in [2.45, 2.75) is 37.8 Å². The van der Waals surface area contributed by atoms with Gasteiger partial charge in [0, 0.05) is 11.4 Å². The third-order valence-electron chi connectivity index (χ3n) is 2.90. The molecule has 0 heterocycles. The van der Waals surface area contributed by atoms with Crippen LogP contribution in [0, 0.1) is 5.92 Å². The molecule has 0 aliphatic heterocycles. The van der Waals surface area contributed by atoms with Crippen molar-refractivity contribution in [2.24, 2.45) is 5.92 Å². The predicted octanol–water partition coefficient (Wildman–Crippen LogP) is 3.09. The van der Waals surface area contributed by atoms with E-state index in [4.69, 9.17) is 4.74 Å². The molecule has 1 aromatic carbocycles. The second kappa shape index (κ2) is 8.23. The maximum Gasteiger partial charge on any atom is 0.322 e. The van der Waals surface area contributed by atoms with Gasteiger partial charge in [0.2, 0.25) is 0 Å². The molecule has 0 spiro atoms. The van der Waals surface area contributed by atoms with Crippen molar-refractivity contribution in [1.82, 2.24) is 5.32 Å². The zero-order valence-corrected chi connectivity index (χ0v) is 12.9. The molecule has 1 unspecified atom stereocenters. The number of carbonyl (C=O) groups is 1. The van der Waals surface area contributed by atoms with Crippen LogP contribution in [0.5, 0.6) is 0 Å². The molecule has 0 radical (unpaired) electrons. The molecule has 0 aliphatic rings. The molecule has 106 valence electrons. The van der Waals surface area contributed by atoms with E-state index in [0.29, 0.717) is 12.5 Å². The smallest absolute Gasteiger partial charge is 0.322 e. The quantitative estimate of drug-likeness (QED) is 0.616. The Labute approximate surface area is 120 Å². The lowest BCUT2D eigenvalue weighted by atomic mass is 10.0. The fraction of sp³-hybridized carbons (Fsp3) is 0.533. The van der Waals surface area contributed by atoms with Gasteiger partial charge in [0.15, 0.2) is 0 Å². The van der Waals surface area contributed by atoms with Crippen LogP contribution in [-0.2, 0) is 16.1 Å². The van der Waals surface area contributed by atoms with Crippen LogP contribution in [0.3, 0.4) is 0 Å². The number of benzene rings is 1. The SMILES string of the molecule is COC(=O)C(CC(C)C)NCc1ccc(SC)cc1. The van der Waals surface area contributed by atoms with Gasteiger partial charge in [-0.25, -0.2) is 0 Å². The fourth-order valence-electron chi connectivity index (χ4n) is 1.86. The summed E-state index contributed by atoms with van der Waals surface area (Å²) in [6.07, 6.45) is 2.85. The first-order valence-electron chi connectivity index (χ1n) is 6.51. The van der Waals surface area contributed by atoms with Gasteiger partial charge in [0.25, 0.3) is 0 Å². The van der Waals surface area contributed by atoms with Gasteiger partial charge in [0.05, 0.1) is 7.11 Å². The Kier molecular flexibility index (Phi) is 6.95. The van der Waals surface area contributed by atoms with E-state index in [0.717, 1.165) is 6.42 Å². The Balaban J connectivity index is 2.56. The Morgan fingerprint density at radius 2 is 1.95 bits per heavy atom. The summed E-state index contributed by atoms with van der Waals surface area (Å²) in [5.74, 6) is 0.268. The maximum atomic E-state index is 11.7. The number of carbonyl (C=O) groups excluding carboxylic acids is 1. The number of ether oxygens (including phenoxy) is 1. The summed E-state index contributed by atoms with van der Waals surface area (Å²) in [5.41, 5.74) is 1.18. The minimum Gasteiger partial charge on any atom is -0.468 e. The van der Waals surface area contributed by atoms with E-state index in [1.54, 1.807) is 11.8 Å². The first-order valence-corrected chi connectivity index (χ1v) is 7.73. The molecule has 19 heavy (non-hydrogen) atoms. The van der Waals surface area contributed by atoms with Crippen LogP contribution in [0.1, 0.15) is 25.8 Å².